The first-order valence-corrected chi connectivity index (χ1v) is 7.48. The van der Waals surface area contributed by atoms with Gasteiger partial charge in [-0.25, -0.2) is 0 Å². The van der Waals surface area contributed by atoms with Crippen molar-refractivity contribution in [3.8, 4) is 23.3 Å². The van der Waals surface area contributed by atoms with E-state index in [1.54, 1.807) is 14.2 Å². The molecule has 0 saturated heterocycles. The molecule has 22 heavy (non-hydrogen) atoms. The first kappa shape index (κ1) is 16.0. The maximum Gasteiger partial charge on any atom is 0.127 e. The molecular weight excluding hydrogens is 272 g/mol. The predicted octanol–water partition coefficient (Wildman–Crippen LogP) is 4.56. The molecule has 0 bridgehead atoms. The standard InChI is InChI=1S/C20H22O2/c1-5-17(11-10-16-8-6-15(2)7-9-16)19-13-12-18(21-3)14-20(19)22-4/h6-9,12-14,17H,5H2,1-4H3. The molecule has 0 fully saturated rings. The zero-order chi connectivity index (χ0) is 15.9. The fourth-order valence-corrected chi connectivity index (χ4v) is 2.31. The zero-order valence-corrected chi connectivity index (χ0v) is 13.6. The summed E-state index contributed by atoms with van der Waals surface area (Å²) in [5.74, 6) is 8.39. The van der Waals surface area contributed by atoms with Gasteiger partial charge in [0.05, 0.1) is 14.2 Å². The summed E-state index contributed by atoms with van der Waals surface area (Å²) >= 11 is 0. The van der Waals surface area contributed by atoms with Crippen LogP contribution in [0.5, 0.6) is 11.5 Å². The van der Waals surface area contributed by atoms with Crippen LogP contribution in [-0.2, 0) is 0 Å². The second-order valence-electron chi connectivity index (χ2n) is 5.20. The molecule has 2 heteroatoms. The molecular formula is C20H22O2. The van der Waals surface area contributed by atoms with Gasteiger partial charge in [-0.3, -0.25) is 0 Å². The van der Waals surface area contributed by atoms with Crippen molar-refractivity contribution in [3.05, 3.63) is 59.2 Å². The van der Waals surface area contributed by atoms with Crippen LogP contribution in [-0.4, -0.2) is 14.2 Å². The van der Waals surface area contributed by atoms with Gasteiger partial charge in [0.1, 0.15) is 11.5 Å². The van der Waals surface area contributed by atoms with Gasteiger partial charge in [0.2, 0.25) is 0 Å². The molecule has 0 heterocycles. The van der Waals surface area contributed by atoms with Crippen LogP contribution >= 0.6 is 0 Å². The van der Waals surface area contributed by atoms with E-state index in [-0.39, 0.29) is 5.92 Å². The lowest BCUT2D eigenvalue weighted by Crippen LogP contribution is -1.99. The minimum absolute atomic E-state index is 0.141. The summed E-state index contributed by atoms with van der Waals surface area (Å²) in [6.07, 6.45) is 0.932. The molecule has 1 atom stereocenters. The van der Waals surface area contributed by atoms with Crippen molar-refractivity contribution >= 4 is 0 Å². The Morgan fingerprint density at radius 2 is 1.73 bits per heavy atom. The maximum absolute atomic E-state index is 5.49. The molecule has 0 aliphatic rings. The Labute approximate surface area is 133 Å². The van der Waals surface area contributed by atoms with Gasteiger partial charge < -0.3 is 9.47 Å². The maximum atomic E-state index is 5.49. The topological polar surface area (TPSA) is 18.5 Å². The molecule has 114 valence electrons. The van der Waals surface area contributed by atoms with E-state index >= 15 is 0 Å². The van der Waals surface area contributed by atoms with E-state index in [1.807, 2.05) is 18.2 Å². The van der Waals surface area contributed by atoms with Gasteiger partial charge in [0.15, 0.2) is 0 Å². The highest BCUT2D eigenvalue weighted by Crippen LogP contribution is 2.32. The smallest absolute Gasteiger partial charge is 0.127 e. The first-order valence-electron chi connectivity index (χ1n) is 7.48. The first-order chi connectivity index (χ1) is 10.7. The van der Waals surface area contributed by atoms with E-state index in [1.165, 1.54) is 5.56 Å². The van der Waals surface area contributed by atoms with Gasteiger partial charge in [-0.2, -0.15) is 0 Å². The highest BCUT2D eigenvalue weighted by Gasteiger charge is 2.13. The van der Waals surface area contributed by atoms with E-state index in [4.69, 9.17) is 9.47 Å². The third-order valence-corrected chi connectivity index (χ3v) is 3.67. The third-order valence-electron chi connectivity index (χ3n) is 3.67. The largest absolute Gasteiger partial charge is 0.497 e. The number of hydrogen-bond acceptors (Lipinski definition) is 2. The minimum Gasteiger partial charge on any atom is -0.497 e. The van der Waals surface area contributed by atoms with Crippen molar-refractivity contribution in [3.63, 3.8) is 0 Å². The van der Waals surface area contributed by atoms with Gasteiger partial charge in [0, 0.05) is 23.1 Å². The Balaban J connectivity index is 2.31. The molecule has 0 N–H and O–H groups in total. The molecule has 0 aliphatic carbocycles. The summed E-state index contributed by atoms with van der Waals surface area (Å²) in [6.45, 7) is 4.21. The number of hydrogen-bond donors (Lipinski definition) is 0. The molecule has 0 radical (unpaired) electrons. The van der Waals surface area contributed by atoms with Crippen LogP contribution in [0.2, 0.25) is 0 Å². The Morgan fingerprint density at radius 3 is 2.32 bits per heavy atom. The van der Waals surface area contributed by atoms with E-state index in [9.17, 15) is 0 Å². The molecule has 0 aromatic heterocycles. The normalized spacial score (nSPS) is 11.3. The fourth-order valence-electron chi connectivity index (χ4n) is 2.31. The van der Waals surface area contributed by atoms with Crippen LogP contribution in [0.3, 0.4) is 0 Å². The van der Waals surface area contributed by atoms with Gasteiger partial charge in [0.25, 0.3) is 0 Å². The summed E-state index contributed by atoms with van der Waals surface area (Å²) in [4.78, 5) is 0. The van der Waals surface area contributed by atoms with E-state index < -0.39 is 0 Å². The summed E-state index contributed by atoms with van der Waals surface area (Å²) < 4.78 is 10.7. The minimum atomic E-state index is 0.141. The number of rotatable bonds is 4. The summed E-state index contributed by atoms with van der Waals surface area (Å²) in [5, 5.41) is 0. The highest BCUT2D eigenvalue weighted by molar-refractivity contribution is 5.47. The average molecular weight is 294 g/mol. The Hall–Kier alpha value is -2.40. The number of ether oxygens (including phenoxy) is 2. The van der Waals surface area contributed by atoms with Crippen molar-refractivity contribution in [2.45, 2.75) is 26.2 Å². The SMILES string of the molecule is CCC(C#Cc1ccc(C)cc1)c1ccc(OC)cc1OC. The van der Waals surface area contributed by atoms with Crippen LogP contribution in [0, 0.1) is 18.8 Å². The molecule has 0 amide bonds. The molecule has 2 rings (SSSR count). The van der Waals surface area contributed by atoms with Gasteiger partial charge in [-0.15, -0.1) is 0 Å². The second kappa shape index (κ2) is 7.56. The molecule has 0 saturated carbocycles. The monoisotopic (exact) mass is 294 g/mol. The number of aryl methyl sites for hydroxylation is 1. The fraction of sp³-hybridized carbons (Fsp3) is 0.300. The number of methoxy groups -OCH3 is 2. The van der Waals surface area contributed by atoms with Gasteiger partial charge >= 0.3 is 0 Å². The lowest BCUT2D eigenvalue weighted by Gasteiger charge is -2.14. The highest BCUT2D eigenvalue weighted by atomic mass is 16.5. The van der Waals surface area contributed by atoms with Crippen molar-refractivity contribution in [1.29, 1.82) is 0 Å². The Bertz CT molecular complexity index is 675. The number of benzene rings is 2. The third kappa shape index (κ3) is 3.83. The second-order valence-corrected chi connectivity index (χ2v) is 5.20. The summed E-state index contributed by atoms with van der Waals surface area (Å²) in [7, 11) is 3.33. The average Bonchev–Trinajstić information content (AvgIpc) is 2.57. The van der Waals surface area contributed by atoms with E-state index in [0.717, 1.165) is 29.0 Å². The molecule has 0 spiro atoms. The molecule has 2 aromatic carbocycles. The molecule has 2 aromatic rings. The van der Waals surface area contributed by atoms with E-state index in [2.05, 4.69) is 50.0 Å². The van der Waals surface area contributed by atoms with Crippen molar-refractivity contribution in [2.75, 3.05) is 14.2 Å². The summed E-state index contributed by atoms with van der Waals surface area (Å²) in [5.41, 5.74) is 3.39. The van der Waals surface area contributed by atoms with Crippen LogP contribution < -0.4 is 9.47 Å². The lowest BCUT2D eigenvalue weighted by atomic mass is 9.95. The molecule has 0 aliphatic heterocycles. The lowest BCUT2D eigenvalue weighted by molar-refractivity contribution is 0.390. The molecule has 1 unspecified atom stereocenters. The van der Waals surface area contributed by atoms with Crippen LogP contribution in [0.25, 0.3) is 0 Å². The van der Waals surface area contributed by atoms with Crippen LogP contribution in [0.1, 0.15) is 36.0 Å². The Kier molecular flexibility index (Phi) is 5.49. The zero-order valence-electron chi connectivity index (χ0n) is 13.6. The molecule has 2 nitrogen and oxygen atoms in total. The van der Waals surface area contributed by atoms with Crippen molar-refractivity contribution in [2.24, 2.45) is 0 Å². The Morgan fingerprint density at radius 1 is 1.00 bits per heavy atom. The van der Waals surface area contributed by atoms with Crippen LogP contribution in [0.15, 0.2) is 42.5 Å². The predicted molar refractivity (Wildman–Crippen MR) is 90.6 cm³/mol. The van der Waals surface area contributed by atoms with Gasteiger partial charge in [-0.1, -0.05) is 42.5 Å². The van der Waals surface area contributed by atoms with Crippen LogP contribution in [0.4, 0.5) is 0 Å². The van der Waals surface area contributed by atoms with Crippen molar-refractivity contribution in [1.82, 2.24) is 0 Å². The summed E-state index contributed by atoms with van der Waals surface area (Å²) in [6, 6.07) is 14.2. The van der Waals surface area contributed by atoms with E-state index in [0.29, 0.717) is 0 Å². The van der Waals surface area contributed by atoms with Crippen molar-refractivity contribution < 1.29 is 9.47 Å². The van der Waals surface area contributed by atoms with Gasteiger partial charge in [-0.05, 0) is 31.5 Å². The quantitative estimate of drug-likeness (QED) is 0.770.